The van der Waals surface area contributed by atoms with Crippen molar-refractivity contribution in [2.24, 2.45) is 0 Å². The third-order valence-corrected chi connectivity index (χ3v) is 12.2. The Labute approximate surface area is 398 Å². The first-order valence-corrected chi connectivity index (χ1v) is 22.8. The van der Waals surface area contributed by atoms with Gasteiger partial charge in [0, 0.05) is 28.5 Å². The number of pyridine rings is 1. The van der Waals surface area contributed by atoms with Crippen LogP contribution < -0.4 is 0 Å². The molecule has 9 rings (SSSR count). The summed E-state index contributed by atoms with van der Waals surface area (Å²) in [5, 5.41) is 36.8. The molecule has 13 nitrogen and oxygen atoms in total. The maximum absolute atomic E-state index is 5.50. The normalized spacial score (nSPS) is 12.4. The molecule has 0 aliphatic heterocycles. The highest BCUT2D eigenvalue weighted by molar-refractivity contribution is 5.77. The van der Waals surface area contributed by atoms with Gasteiger partial charge >= 0.3 is 0 Å². The molecule has 0 aliphatic carbocycles. The summed E-state index contributed by atoms with van der Waals surface area (Å²) in [7, 11) is 0. The summed E-state index contributed by atoms with van der Waals surface area (Å²) < 4.78 is 7.20. The molecule has 0 N–H and O–H groups in total. The van der Waals surface area contributed by atoms with E-state index in [0.717, 1.165) is 39.4 Å². The monoisotopic (exact) mass is 899 g/mol. The van der Waals surface area contributed by atoms with Crippen LogP contribution in [0.3, 0.4) is 0 Å². The van der Waals surface area contributed by atoms with Crippen LogP contribution in [0, 0.1) is 12.3 Å². The van der Waals surface area contributed by atoms with E-state index in [1.165, 1.54) is 22.3 Å². The lowest BCUT2D eigenvalue weighted by Gasteiger charge is -2.26. The molecule has 0 fully saturated rings. The van der Waals surface area contributed by atoms with E-state index in [9.17, 15) is 0 Å². The van der Waals surface area contributed by atoms with E-state index in [4.69, 9.17) is 27.0 Å². The molecule has 0 unspecified atom stereocenters. The molecule has 0 saturated heterocycles. The molecule has 4 aromatic carbocycles. The SMILES string of the molecule is C#Cc1ccc(-c2cn(-c3ccc(-n4cc(-c5cc(-c6cn(-c7cc(C(C)(C)C)cc(C(C)(C)C)c7)nn6)cc(-c6cn(-c7cc(C(C)(C)C)cc(C(C)(C)C)c7)nn6)c5)nn4)cc3)nn2)nc1. The van der Waals surface area contributed by atoms with Crippen molar-refractivity contribution in [1.29, 1.82) is 0 Å². The van der Waals surface area contributed by atoms with Gasteiger partial charge in [0.25, 0.3) is 0 Å². The lowest BCUT2D eigenvalue weighted by atomic mass is 9.80. The van der Waals surface area contributed by atoms with E-state index < -0.39 is 0 Å². The van der Waals surface area contributed by atoms with Crippen molar-refractivity contribution >= 4 is 0 Å². The first-order valence-electron chi connectivity index (χ1n) is 22.8. The number of aromatic nitrogens is 13. The molecule has 13 heteroatoms. The van der Waals surface area contributed by atoms with E-state index in [2.05, 4.69) is 169 Å². The Kier molecular flexibility index (Phi) is 11.2. The molecule has 0 spiro atoms. The molecule has 68 heavy (non-hydrogen) atoms. The van der Waals surface area contributed by atoms with Gasteiger partial charge in [0.05, 0.1) is 53.2 Å². The Morgan fingerprint density at radius 3 is 1.00 bits per heavy atom. The minimum absolute atomic E-state index is 0.0574. The van der Waals surface area contributed by atoms with E-state index in [1.54, 1.807) is 15.6 Å². The lowest BCUT2D eigenvalue weighted by molar-refractivity contribution is 0.566. The van der Waals surface area contributed by atoms with Crippen molar-refractivity contribution in [2.75, 3.05) is 0 Å². The molecule has 0 saturated carbocycles. The Hall–Kier alpha value is -7.85. The Morgan fingerprint density at radius 1 is 0.368 bits per heavy atom. The van der Waals surface area contributed by atoms with Crippen molar-refractivity contribution in [1.82, 2.24) is 65.0 Å². The maximum atomic E-state index is 5.50. The quantitative estimate of drug-likeness (QED) is 0.137. The molecule has 342 valence electrons. The summed E-state index contributed by atoms with van der Waals surface area (Å²) >= 11 is 0. The van der Waals surface area contributed by atoms with E-state index in [-0.39, 0.29) is 21.7 Å². The summed E-state index contributed by atoms with van der Waals surface area (Å²) in [6.07, 6.45) is 14.9. The second kappa shape index (κ2) is 16.8. The Bertz CT molecular complexity index is 3130. The van der Waals surface area contributed by atoms with Crippen LogP contribution in [0.5, 0.6) is 0 Å². The molecular weight excluding hydrogens is 843 g/mol. The number of hydrogen-bond donors (Lipinski definition) is 0. The molecule has 0 radical (unpaired) electrons. The van der Waals surface area contributed by atoms with Gasteiger partial charge in [0.2, 0.25) is 0 Å². The second-order valence-corrected chi connectivity index (χ2v) is 21.6. The van der Waals surface area contributed by atoms with Gasteiger partial charge in [-0.15, -0.1) is 26.8 Å². The minimum Gasteiger partial charge on any atom is -0.253 e. The highest BCUT2D eigenvalue weighted by atomic mass is 15.4. The van der Waals surface area contributed by atoms with Crippen LogP contribution in [0.1, 0.15) is 111 Å². The standard InChI is InChI=1S/C55H57N13/c1-14-35-15-20-47(56-30-35)51-34-66(64-60-51)44-18-16-43(17-19-44)65-31-48(57-61-65)36-21-37(49-32-67(62-58-49)45-26-39(52(2,3)4)24-40(27-45)53(5,6)7)23-38(22-36)50-33-68(63-59-50)46-28-41(54(8,9)10)25-42(29-46)55(11,12)13/h1,15-34H,2-13H3. The molecule has 0 bridgehead atoms. The molecule has 0 atom stereocenters. The first kappa shape index (κ1) is 45.3. The topological polar surface area (TPSA) is 136 Å². The molecule has 0 aliphatic rings. The van der Waals surface area contributed by atoms with Gasteiger partial charge < -0.3 is 0 Å². The van der Waals surface area contributed by atoms with E-state index in [0.29, 0.717) is 34.0 Å². The van der Waals surface area contributed by atoms with Crippen LogP contribution in [-0.4, -0.2) is 65.0 Å². The van der Waals surface area contributed by atoms with Crippen LogP contribution in [0.15, 0.2) is 122 Å². The summed E-state index contributed by atoms with van der Waals surface area (Å²) in [5.74, 6) is 2.59. The third kappa shape index (κ3) is 9.40. The molecule has 5 heterocycles. The Balaban J connectivity index is 1.09. The molecule has 5 aromatic heterocycles. The van der Waals surface area contributed by atoms with Crippen LogP contribution in [-0.2, 0) is 21.7 Å². The van der Waals surface area contributed by atoms with Crippen molar-refractivity contribution in [3.05, 3.63) is 150 Å². The zero-order valence-corrected chi connectivity index (χ0v) is 40.9. The van der Waals surface area contributed by atoms with Crippen molar-refractivity contribution in [3.63, 3.8) is 0 Å². The summed E-state index contributed by atoms with van der Waals surface area (Å²) in [5.41, 5.74) is 14.9. The third-order valence-electron chi connectivity index (χ3n) is 12.2. The van der Waals surface area contributed by atoms with Crippen molar-refractivity contribution in [3.8, 4) is 80.3 Å². The molecule has 0 amide bonds. The fourth-order valence-corrected chi connectivity index (χ4v) is 7.75. The van der Waals surface area contributed by atoms with Gasteiger partial charge in [0.15, 0.2) is 0 Å². The van der Waals surface area contributed by atoms with Gasteiger partial charge in [-0.05, 0) is 123 Å². The Morgan fingerprint density at radius 2 is 0.691 bits per heavy atom. The molecular formula is C55H57N13. The van der Waals surface area contributed by atoms with E-state index >= 15 is 0 Å². The summed E-state index contributed by atoms with van der Waals surface area (Å²) in [6, 6.07) is 31.2. The van der Waals surface area contributed by atoms with Gasteiger partial charge in [-0.1, -0.05) is 122 Å². The lowest BCUT2D eigenvalue weighted by Crippen LogP contribution is -2.17. The fraction of sp³-hybridized carbons (Fsp3) is 0.291. The highest BCUT2D eigenvalue weighted by Gasteiger charge is 2.24. The highest BCUT2D eigenvalue weighted by Crippen LogP contribution is 2.36. The van der Waals surface area contributed by atoms with Gasteiger partial charge in [-0.2, -0.15) is 0 Å². The van der Waals surface area contributed by atoms with Crippen molar-refractivity contribution in [2.45, 2.75) is 105 Å². The summed E-state index contributed by atoms with van der Waals surface area (Å²) in [4.78, 5) is 4.43. The first-order chi connectivity index (χ1) is 32.1. The van der Waals surface area contributed by atoms with E-state index in [1.807, 2.05) is 70.5 Å². The number of hydrogen-bond acceptors (Lipinski definition) is 9. The minimum atomic E-state index is -0.0574. The number of benzene rings is 4. The zero-order chi connectivity index (χ0) is 48.3. The maximum Gasteiger partial charge on any atom is 0.131 e. The fourth-order valence-electron chi connectivity index (χ4n) is 7.75. The summed E-state index contributed by atoms with van der Waals surface area (Å²) in [6.45, 7) is 26.8. The smallest absolute Gasteiger partial charge is 0.131 e. The number of terminal acetylenes is 1. The van der Waals surface area contributed by atoms with Gasteiger partial charge in [-0.25, -0.2) is 18.7 Å². The van der Waals surface area contributed by atoms with Crippen LogP contribution in [0.25, 0.3) is 67.9 Å². The largest absolute Gasteiger partial charge is 0.253 e. The van der Waals surface area contributed by atoms with Crippen LogP contribution >= 0.6 is 0 Å². The molecule has 9 aromatic rings. The van der Waals surface area contributed by atoms with Crippen LogP contribution in [0.4, 0.5) is 0 Å². The predicted octanol–water partition coefficient (Wildman–Crippen LogP) is 11.2. The van der Waals surface area contributed by atoms with Gasteiger partial charge in [0.1, 0.15) is 22.8 Å². The number of nitrogens with zero attached hydrogens (tertiary/aromatic N) is 13. The average molecular weight is 900 g/mol. The van der Waals surface area contributed by atoms with Gasteiger partial charge in [-0.3, -0.25) is 4.98 Å². The average Bonchev–Trinajstić information content (AvgIpc) is 4.16. The number of rotatable bonds is 8. The van der Waals surface area contributed by atoms with Crippen molar-refractivity contribution < 1.29 is 0 Å². The van der Waals surface area contributed by atoms with Crippen LogP contribution in [0.2, 0.25) is 0 Å². The second-order valence-electron chi connectivity index (χ2n) is 21.6. The predicted molar refractivity (Wildman–Crippen MR) is 268 cm³/mol. The zero-order valence-electron chi connectivity index (χ0n) is 40.9.